The van der Waals surface area contributed by atoms with Crippen LogP contribution in [0.4, 0.5) is 0 Å². The van der Waals surface area contributed by atoms with Gasteiger partial charge >= 0.3 is 0 Å². The van der Waals surface area contributed by atoms with Crippen LogP contribution in [0.1, 0.15) is 26.7 Å². The van der Waals surface area contributed by atoms with Crippen LogP contribution < -0.4 is 5.32 Å². The molecule has 2 fully saturated rings. The van der Waals surface area contributed by atoms with Gasteiger partial charge in [-0.2, -0.15) is 0 Å². The molecule has 3 heteroatoms. The number of morpholine rings is 1. The van der Waals surface area contributed by atoms with Crippen LogP contribution in [0.2, 0.25) is 0 Å². The first-order chi connectivity index (χ1) is 8.20. The lowest BCUT2D eigenvalue weighted by molar-refractivity contribution is 0.0144. The number of hydrogen-bond acceptors (Lipinski definition) is 3. The number of nitrogens with one attached hydrogen (secondary N) is 1. The molecule has 0 aromatic heterocycles. The average Bonchev–Trinajstić information content (AvgIpc) is 2.33. The summed E-state index contributed by atoms with van der Waals surface area (Å²) in [6.45, 7) is 10.2. The van der Waals surface area contributed by atoms with Gasteiger partial charge in [-0.1, -0.05) is 13.8 Å². The van der Waals surface area contributed by atoms with Gasteiger partial charge < -0.3 is 10.1 Å². The van der Waals surface area contributed by atoms with Crippen molar-refractivity contribution in [1.29, 1.82) is 0 Å². The third kappa shape index (κ3) is 3.43. The van der Waals surface area contributed by atoms with Crippen LogP contribution in [-0.2, 0) is 4.74 Å². The maximum absolute atomic E-state index is 5.43. The van der Waals surface area contributed by atoms with E-state index in [-0.39, 0.29) is 0 Å². The quantitative estimate of drug-likeness (QED) is 0.811. The molecule has 0 aromatic rings. The molecule has 0 radical (unpaired) electrons. The Bertz CT molecular complexity index is 228. The molecule has 3 nitrogen and oxygen atoms in total. The summed E-state index contributed by atoms with van der Waals surface area (Å²) in [5, 5.41) is 3.55. The van der Waals surface area contributed by atoms with Crippen molar-refractivity contribution in [2.75, 3.05) is 39.9 Å². The lowest BCUT2D eigenvalue weighted by atomic mass is 9.72. The Kier molecular flexibility index (Phi) is 4.83. The fraction of sp³-hybridized carbons (Fsp3) is 1.00. The van der Waals surface area contributed by atoms with Gasteiger partial charge in [0.05, 0.1) is 13.2 Å². The van der Waals surface area contributed by atoms with Crippen LogP contribution >= 0.6 is 0 Å². The molecule has 4 atom stereocenters. The van der Waals surface area contributed by atoms with Crippen molar-refractivity contribution in [3.8, 4) is 0 Å². The minimum atomic E-state index is 0.705. The van der Waals surface area contributed by atoms with E-state index in [1.54, 1.807) is 0 Å². The van der Waals surface area contributed by atoms with E-state index in [4.69, 9.17) is 4.74 Å². The van der Waals surface area contributed by atoms with Gasteiger partial charge in [0.1, 0.15) is 0 Å². The van der Waals surface area contributed by atoms with E-state index in [1.807, 2.05) is 0 Å². The lowest BCUT2D eigenvalue weighted by Gasteiger charge is -2.42. The van der Waals surface area contributed by atoms with Gasteiger partial charge in [-0.05, 0) is 37.6 Å². The van der Waals surface area contributed by atoms with E-state index >= 15 is 0 Å². The number of nitrogens with zero attached hydrogens (tertiary/aromatic N) is 1. The molecule has 1 saturated heterocycles. The summed E-state index contributed by atoms with van der Waals surface area (Å²) in [4.78, 5) is 2.59. The molecular weight excluding hydrogens is 212 g/mol. The monoisotopic (exact) mass is 240 g/mol. The summed E-state index contributed by atoms with van der Waals surface area (Å²) in [6, 6.07) is 0.705. The lowest BCUT2D eigenvalue weighted by Crippen LogP contribution is -2.50. The molecule has 0 bridgehead atoms. The highest BCUT2D eigenvalue weighted by atomic mass is 16.5. The topological polar surface area (TPSA) is 24.5 Å². The van der Waals surface area contributed by atoms with Crippen molar-refractivity contribution in [3.05, 3.63) is 0 Å². The molecule has 2 aliphatic rings. The zero-order valence-electron chi connectivity index (χ0n) is 11.6. The maximum atomic E-state index is 5.43. The van der Waals surface area contributed by atoms with E-state index in [1.165, 1.54) is 19.4 Å². The molecule has 1 heterocycles. The Labute approximate surface area is 106 Å². The minimum Gasteiger partial charge on any atom is -0.379 e. The summed E-state index contributed by atoms with van der Waals surface area (Å²) >= 11 is 0. The van der Waals surface area contributed by atoms with Crippen LogP contribution in [-0.4, -0.2) is 50.8 Å². The van der Waals surface area contributed by atoms with Crippen LogP contribution in [0.15, 0.2) is 0 Å². The third-order valence-electron chi connectivity index (χ3n) is 4.62. The largest absolute Gasteiger partial charge is 0.379 e. The van der Waals surface area contributed by atoms with Crippen molar-refractivity contribution in [3.63, 3.8) is 0 Å². The van der Waals surface area contributed by atoms with Gasteiger partial charge in [-0.3, -0.25) is 4.90 Å². The molecule has 0 amide bonds. The van der Waals surface area contributed by atoms with Gasteiger partial charge in [-0.25, -0.2) is 0 Å². The molecule has 1 aliphatic carbocycles. The Hall–Kier alpha value is -0.120. The third-order valence-corrected chi connectivity index (χ3v) is 4.62. The van der Waals surface area contributed by atoms with Gasteiger partial charge in [0.25, 0.3) is 0 Å². The van der Waals surface area contributed by atoms with E-state index in [2.05, 4.69) is 31.1 Å². The Morgan fingerprint density at radius 3 is 2.53 bits per heavy atom. The second-order valence-electron chi connectivity index (χ2n) is 6.03. The zero-order chi connectivity index (χ0) is 12.3. The number of hydrogen-bond donors (Lipinski definition) is 1. The summed E-state index contributed by atoms with van der Waals surface area (Å²) in [5.41, 5.74) is 0. The average molecular weight is 240 g/mol. The Balaban J connectivity index is 1.91. The predicted molar refractivity (Wildman–Crippen MR) is 71.2 cm³/mol. The van der Waals surface area contributed by atoms with Crippen molar-refractivity contribution in [1.82, 2.24) is 10.2 Å². The van der Waals surface area contributed by atoms with E-state index in [0.29, 0.717) is 6.04 Å². The van der Waals surface area contributed by atoms with Crippen molar-refractivity contribution < 1.29 is 4.74 Å². The van der Waals surface area contributed by atoms with Crippen LogP contribution in [0.3, 0.4) is 0 Å². The smallest absolute Gasteiger partial charge is 0.0594 e. The van der Waals surface area contributed by atoms with Crippen molar-refractivity contribution in [2.24, 2.45) is 17.8 Å². The maximum Gasteiger partial charge on any atom is 0.0594 e. The Morgan fingerprint density at radius 2 is 1.88 bits per heavy atom. The SMILES string of the molecule is CNC1CC(C)CC(C)C1CN1CCOCC1. The molecule has 1 saturated carbocycles. The van der Waals surface area contributed by atoms with Crippen molar-refractivity contribution in [2.45, 2.75) is 32.7 Å². The highest BCUT2D eigenvalue weighted by molar-refractivity contribution is 4.88. The number of ether oxygens (including phenoxy) is 1. The molecular formula is C14H28N2O. The molecule has 17 heavy (non-hydrogen) atoms. The zero-order valence-corrected chi connectivity index (χ0v) is 11.6. The van der Waals surface area contributed by atoms with Gasteiger partial charge in [0.2, 0.25) is 0 Å². The highest BCUT2D eigenvalue weighted by Gasteiger charge is 2.34. The Morgan fingerprint density at radius 1 is 1.18 bits per heavy atom. The second kappa shape index (κ2) is 6.17. The van der Waals surface area contributed by atoms with Crippen molar-refractivity contribution >= 4 is 0 Å². The van der Waals surface area contributed by atoms with E-state index < -0.39 is 0 Å². The standard InChI is InChI=1S/C14H28N2O/c1-11-8-12(2)13(14(9-11)15-3)10-16-4-6-17-7-5-16/h11-15H,4-10H2,1-3H3. The first kappa shape index (κ1) is 13.3. The van der Waals surface area contributed by atoms with E-state index in [9.17, 15) is 0 Å². The molecule has 100 valence electrons. The predicted octanol–water partition coefficient (Wildman–Crippen LogP) is 1.59. The fourth-order valence-corrected chi connectivity index (χ4v) is 3.63. The van der Waals surface area contributed by atoms with Crippen LogP contribution in [0.25, 0.3) is 0 Å². The first-order valence-corrected chi connectivity index (χ1v) is 7.18. The summed E-state index contributed by atoms with van der Waals surface area (Å²) in [7, 11) is 2.13. The van der Waals surface area contributed by atoms with Gasteiger partial charge in [-0.15, -0.1) is 0 Å². The second-order valence-corrected chi connectivity index (χ2v) is 6.03. The van der Waals surface area contributed by atoms with Gasteiger partial charge in [0, 0.05) is 25.7 Å². The summed E-state index contributed by atoms with van der Waals surface area (Å²) < 4.78 is 5.43. The minimum absolute atomic E-state index is 0.705. The van der Waals surface area contributed by atoms with Gasteiger partial charge in [0.15, 0.2) is 0 Å². The summed E-state index contributed by atoms with van der Waals surface area (Å²) in [5.74, 6) is 2.54. The fourth-order valence-electron chi connectivity index (χ4n) is 3.63. The molecule has 2 rings (SSSR count). The molecule has 0 spiro atoms. The summed E-state index contributed by atoms with van der Waals surface area (Å²) in [6.07, 6.45) is 2.74. The molecule has 1 aliphatic heterocycles. The van der Waals surface area contributed by atoms with Crippen LogP contribution in [0, 0.1) is 17.8 Å². The highest BCUT2D eigenvalue weighted by Crippen LogP contribution is 2.34. The van der Waals surface area contributed by atoms with Crippen LogP contribution in [0.5, 0.6) is 0 Å². The molecule has 1 N–H and O–H groups in total. The normalized spacial score (nSPS) is 40.4. The molecule has 4 unspecified atom stereocenters. The van der Waals surface area contributed by atoms with E-state index in [0.717, 1.165) is 44.1 Å². The first-order valence-electron chi connectivity index (χ1n) is 7.18. The number of rotatable bonds is 3. The molecule has 0 aromatic carbocycles.